The third-order valence-electron chi connectivity index (χ3n) is 4.03. The Labute approximate surface area is 173 Å². The van der Waals surface area contributed by atoms with Gasteiger partial charge in [-0.15, -0.1) is 0 Å². The van der Waals surface area contributed by atoms with Crippen LogP contribution < -0.4 is 4.90 Å². The van der Waals surface area contributed by atoms with Gasteiger partial charge in [-0.1, -0.05) is 52.3 Å². The van der Waals surface area contributed by atoms with Gasteiger partial charge in [0.15, 0.2) is 0 Å². The summed E-state index contributed by atoms with van der Waals surface area (Å²) in [5, 5.41) is 9.57. The van der Waals surface area contributed by atoms with Gasteiger partial charge in [-0.3, -0.25) is 4.79 Å². The molecule has 0 saturated heterocycles. The van der Waals surface area contributed by atoms with E-state index < -0.39 is 5.97 Å². The van der Waals surface area contributed by atoms with Gasteiger partial charge in [0.1, 0.15) is 0 Å². The molecule has 0 atom stereocenters. The Kier molecular flexibility index (Phi) is 6.08. The standard InChI is InChI=1S/C21H15Br2NO3/c22-15-11-9-14(10-12-15)13-24(19-8-4-2-6-17(19)21(26)27)20(25)16-5-1-3-7-18(16)23/h1-12H,13H2,(H,26,27). The average molecular weight is 489 g/mol. The summed E-state index contributed by atoms with van der Waals surface area (Å²) in [7, 11) is 0. The van der Waals surface area contributed by atoms with E-state index in [0.717, 1.165) is 10.0 Å². The van der Waals surface area contributed by atoms with Crippen LogP contribution in [0.3, 0.4) is 0 Å². The van der Waals surface area contributed by atoms with Crippen molar-refractivity contribution < 1.29 is 14.7 Å². The van der Waals surface area contributed by atoms with Crippen LogP contribution in [0.25, 0.3) is 0 Å². The number of benzene rings is 3. The molecule has 1 N–H and O–H groups in total. The van der Waals surface area contributed by atoms with Crippen LogP contribution in [0.5, 0.6) is 0 Å². The minimum Gasteiger partial charge on any atom is -0.478 e. The number of hydrogen-bond donors (Lipinski definition) is 1. The molecule has 0 aliphatic carbocycles. The van der Waals surface area contributed by atoms with Crippen LogP contribution in [0.2, 0.25) is 0 Å². The second-order valence-electron chi connectivity index (χ2n) is 5.82. The average Bonchev–Trinajstić information content (AvgIpc) is 2.67. The van der Waals surface area contributed by atoms with Crippen molar-refractivity contribution in [2.24, 2.45) is 0 Å². The molecule has 0 bridgehead atoms. The summed E-state index contributed by atoms with van der Waals surface area (Å²) in [6, 6.07) is 21.2. The van der Waals surface area contributed by atoms with E-state index >= 15 is 0 Å². The molecular formula is C21H15Br2NO3. The summed E-state index contributed by atoms with van der Waals surface area (Å²) in [4.78, 5) is 26.5. The fourth-order valence-corrected chi connectivity index (χ4v) is 3.43. The van der Waals surface area contributed by atoms with E-state index in [2.05, 4.69) is 31.9 Å². The number of hydrogen-bond acceptors (Lipinski definition) is 2. The molecule has 0 heterocycles. The third-order valence-corrected chi connectivity index (χ3v) is 5.25. The summed E-state index contributed by atoms with van der Waals surface area (Å²) in [6.07, 6.45) is 0. The number of carboxylic acid groups (broad SMARTS) is 1. The highest BCUT2D eigenvalue weighted by Gasteiger charge is 2.24. The Bertz CT molecular complexity index is 987. The Hall–Kier alpha value is -2.44. The van der Waals surface area contributed by atoms with Gasteiger partial charge in [0.25, 0.3) is 5.91 Å². The molecule has 3 aromatic rings. The lowest BCUT2D eigenvalue weighted by molar-refractivity contribution is 0.0697. The van der Waals surface area contributed by atoms with Crippen molar-refractivity contribution >= 4 is 49.4 Å². The van der Waals surface area contributed by atoms with Crippen LogP contribution in [0.4, 0.5) is 5.69 Å². The zero-order valence-electron chi connectivity index (χ0n) is 14.1. The molecule has 0 unspecified atom stereocenters. The highest BCUT2D eigenvalue weighted by Crippen LogP contribution is 2.27. The largest absolute Gasteiger partial charge is 0.478 e. The maximum Gasteiger partial charge on any atom is 0.337 e. The molecule has 1 amide bonds. The molecule has 136 valence electrons. The van der Waals surface area contributed by atoms with Crippen LogP contribution >= 0.6 is 31.9 Å². The summed E-state index contributed by atoms with van der Waals surface area (Å²) < 4.78 is 1.59. The maximum absolute atomic E-state index is 13.3. The smallest absolute Gasteiger partial charge is 0.337 e. The molecular weight excluding hydrogens is 474 g/mol. The number of amides is 1. The number of carbonyl (C=O) groups is 2. The molecule has 0 aliphatic heterocycles. The van der Waals surface area contributed by atoms with Crippen LogP contribution in [-0.4, -0.2) is 17.0 Å². The van der Waals surface area contributed by atoms with Crippen molar-refractivity contribution in [3.8, 4) is 0 Å². The number of anilines is 1. The van der Waals surface area contributed by atoms with Gasteiger partial charge in [-0.25, -0.2) is 4.79 Å². The number of carbonyl (C=O) groups excluding carboxylic acids is 1. The van der Waals surface area contributed by atoms with Crippen molar-refractivity contribution in [1.29, 1.82) is 0 Å². The van der Waals surface area contributed by atoms with E-state index in [4.69, 9.17) is 0 Å². The molecule has 0 aromatic heterocycles. The monoisotopic (exact) mass is 487 g/mol. The van der Waals surface area contributed by atoms with E-state index in [1.165, 1.54) is 11.0 Å². The maximum atomic E-state index is 13.3. The van der Waals surface area contributed by atoms with Gasteiger partial charge < -0.3 is 10.0 Å². The summed E-state index contributed by atoms with van der Waals surface area (Å²) in [5.74, 6) is -1.36. The molecule has 0 radical (unpaired) electrons. The number of carboxylic acids is 1. The Morgan fingerprint density at radius 2 is 1.41 bits per heavy atom. The van der Waals surface area contributed by atoms with E-state index in [1.54, 1.807) is 36.4 Å². The number of aromatic carboxylic acids is 1. The first kappa shape index (κ1) is 19.3. The van der Waals surface area contributed by atoms with Gasteiger partial charge in [0, 0.05) is 8.95 Å². The SMILES string of the molecule is O=C(O)c1ccccc1N(Cc1ccc(Br)cc1)C(=O)c1ccccc1Br. The lowest BCUT2D eigenvalue weighted by atomic mass is 10.1. The molecule has 4 nitrogen and oxygen atoms in total. The van der Waals surface area contributed by atoms with Crippen molar-refractivity contribution in [2.75, 3.05) is 4.90 Å². The van der Waals surface area contributed by atoms with Gasteiger partial charge in [-0.2, -0.15) is 0 Å². The number of halogens is 2. The Morgan fingerprint density at radius 3 is 2.04 bits per heavy atom. The van der Waals surface area contributed by atoms with E-state index in [0.29, 0.717) is 15.7 Å². The van der Waals surface area contributed by atoms with Crippen molar-refractivity contribution in [3.05, 3.63) is 98.4 Å². The molecule has 6 heteroatoms. The molecule has 27 heavy (non-hydrogen) atoms. The zero-order valence-corrected chi connectivity index (χ0v) is 17.3. The first-order valence-electron chi connectivity index (χ1n) is 8.10. The normalized spacial score (nSPS) is 10.4. The predicted molar refractivity (Wildman–Crippen MR) is 112 cm³/mol. The van der Waals surface area contributed by atoms with Gasteiger partial charge >= 0.3 is 5.97 Å². The summed E-state index contributed by atoms with van der Waals surface area (Å²) in [6.45, 7) is 0.248. The first-order chi connectivity index (χ1) is 13.0. The second-order valence-corrected chi connectivity index (χ2v) is 7.59. The third kappa shape index (κ3) is 4.46. The first-order valence-corrected chi connectivity index (χ1v) is 9.69. The molecule has 0 aliphatic rings. The minimum atomic E-state index is -1.08. The summed E-state index contributed by atoms with van der Waals surface area (Å²) in [5.41, 5.74) is 1.79. The Balaban J connectivity index is 2.09. The zero-order chi connectivity index (χ0) is 19.4. The molecule has 3 rings (SSSR count). The summed E-state index contributed by atoms with van der Waals surface area (Å²) >= 11 is 6.81. The molecule has 0 saturated carbocycles. The predicted octanol–water partition coefficient (Wildman–Crippen LogP) is 5.76. The van der Waals surface area contributed by atoms with E-state index in [9.17, 15) is 14.7 Å². The van der Waals surface area contributed by atoms with Crippen molar-refractivity contribution in [3.63, 3.8) is 0 Å². The highest BCUT2D eigenvalue weighted by atomic mass is 79.9. The lowest BCUT2D eigenvalue weighted by Crippen LogP contribution is -2.32. The Morgan fingerprint density at radius 1 is 0.815 bits per heavy atom. The highest BCUT2D eigenvalue weighted by molar-refractivity contribution is 9.10. The molecule has 0 fully saturated rings. The van der Waals surface area contributed by atoms with Crippen molar-refractivity contribution in [1.82, 2.24) is 0 Å². The van der Waals surface area contributed by atoms with Crippen LogP contribution in [0, 0.1) is 0 Å². The van der Waals surface area contributed by atoms with Gasteiger partial charge in [-0.05, 0) is 57.9 Å². The number of rotatable bonds is 5. The topological polar surface area (TPSA) is 57.6 Å². The van der Waals surface area contributed by atoms with E-state index in [-0.39, 0.29) is 18.0 Å². The van der Waals surface area contributed by atoms with Crippen LogP contribution in [0.15, 0.2) is 81.7 Å². The fraction of sp³-hybridized carbons (Fsp3) is 0.0476. The van der Waals surface area contributed by atoms with Crippen LogP contribution in [0.1, 0.15) is 26.3 Å². The molecule has 0 spiro atoms. The quantitative estimate of drug-likeness (QED) is 0.496. The fourth-order valence-electron chi connectivity index (χ4n) is 2.71. The lowest BCUT2D eigenvalue weighted by Gasteiger charge is -2.25. The molecule has 3 aromatic carbocycles. The minimum absolute atomic E-state index is 0.0787. The van der Waals surface area contributed by atoms with Gasteiger partial charge in [0.2, 0.25) is 0 Å². The number of para-hydroxylation sites is 1. The number of nitrogens with zero attached hydrogens (tertiary/aromatic N) is 1. The second kappa shape index (κ2) is 8.50. The van der Waals surface area contributed by atoms with Crippen molar-refractivity contribution in [2.45, 2.75) is 6.54 Å². The van der Waals surface area contributed by atoms with Gasteiger partial charge in [0.05, 0.1) is 23.4 Å². The van der Waals surface area contributed by atoms with Crippen LogP contribution in [-0.2, 0) is 6.54 Å². The van der Waals surface area contributed by atoms with E-state index in [1.807, 2.05) is 30.3 Å².